The molecular weight excluding hydrogens is 290 g/mol. The molecule has 0 spiro atoms. The van der Waals surface area contributed by atoms with Gasteiger partial charge in [0.2, 0.25) is 0 Å². The van der Waals surface area contributed by atoms with Crippen LogP contribution in [-0.2, 0) is 4.79 Å². The van der Waals surface area contributed by atoms with Crippen LogP contribution in [0.4, 0.5) is 5.69 Å². The third-order valence-corrected chi connectivity index (χ3v) is 3.85. The van der Waals surface area contributed by atoms with Crippen LogP contribution in [-0.4, -0.2) is 43.3 Å². The molecule has 8 heteroatoms. The largest absolute Gasteiger partial charge is 0.480 e. The molecule has 0 saturated carbocycles. The molecule has 0 amide bonds. The highest BCUT2D eigenvalue weighted by Gasteiger charge is 2.24. The third-order valence-electron chi connectivity index (χ3n) is 3.21. The van der Waals surface area contributed by atoms with Crippen molar-refractivity contribution in [1.29, 1.82) is 0 Å². The van der Waals surface area contributed by atoms with Gasteiger partial charge in [-0.1, -0.05) is 12.1 Å². The molecule has 0 radical (unpaired) electrons. The summed E-state index contributed by atoms with van der Waals surface area (Å²) in [6.07, 6.45) is 2.38. The lowest BCUT2D eigenvalue weighted by molar-refractivity contribution is -0.141. The van der Waals surface area contributed by atoms with Gasteiger partial charge in [-0.3, -0.25) is 0 Å². The Balaban J connectivity index is 2.40. The number of anilines is 1. The fraction of sp³-hybridized carbons (Fsp3) is 0.385. The second-order valence-electron chi connectivity index (χ2n) is 4.65. The second kappa shape index (κ2) is 6.57. The van der Waals surface area contributed by atoms with Gasteiger partial charge in [0.25, 0.3) is 0 Å². The Morgan fingerprint density at radius 3 is 2.90 bits per heavy atom. The second-order valence-corrected chi connectivity index (χ2v) is 5.64. The number of aliphatic carboxylic acids is 1. The lowest BCUT2D eigenvalue weighted by Gasteiger charge is -2.13. The molecule has 0 bridgehead atoms. The number of benzene rings is 1. The summed E-state index contributed by atoms with van der Waals surface area (Å²) in [7, 11) is 0. The monoisotopic (exact) mass is 307 g/mol. The predicted octanol–water partition coefficient (Wildman–Crippen LogP) is 1.61. The van der Waals surface area contributed by atoms with Crippen LogP contribution in [0, 0.1) is 6.92 Å². The Morgan fingerprint density at radius 1 is 1.52 bits per heavy atom. The number of rotatable bonds is 6. The van der Waals surface area contributed by atoms with E-state index in [-0.39, 0.29) is 0 Å². The minimum Gasteiger partial charge on any atom is -0.480 e. The molecule has 0 aliphatic carbocycles. The fourth-order valence-corrected chi connectivity index (χ4v) is 2.41. The summed E-state index contributed by atoms with van der Waals surface area (Å²) >= 11 is 1.59. The van der Waals surface area contributed by atoms with E-state index in [2.05, 4.69) is 15.5 Å². The van der Waals surface area contributed by atoms with Crippen LogP contribution < -0.4 is 5.73 Å². The fourth-order valence-electron chi connectivity index (χ4n) is 1.95. The van der Waals surface area contributed by atoms with Crippen LogP contribution in [0.5, 0.6) is 0 Å². The average Bonchev–Trinajstić information content (AvgIpc) is 2.91. The van der Waals surface area contributed by atoms with Gasteiger partial charge in [-0.05, 0) is 47.4 Å². The van der Waals surface area contributed by atoms with Gasteiger partial charge in [-0.15, -0.1) is 5.10 Å². The van der Waals surface area contributed by atoms with Crippen molar-refractivity contribution < 1.29 is 9.90 Å². The predicted molar refractivity (Wildman–Crippen MR) is 82.1 cm³/mol. The van der Waals surface area contributed by atoms with Crippen molar-refractivity contribution in [2.45, 2.75) is 19.4 Å². The number of thioether (sulfide) groups is 1. The maximum absolute atomic E-state index is 11.5. The maximum Gasteiger partial charge on any atom is 0.328 e. The van der Waals surface area contributed by atoms with Crippen molar-refractivity contribution in [3.8, 4) is 11.4 Å². The molecule has 3 N–H and O–H groups in total. The van der Waals surface area contributed by atoms with Crippen molar-refractivity contribution in [3.05, 3.63) is 23.8 Å². The molecule has 2 rings (SSSR count). The van der Waals surface area contributed by atoms with Crippen LogP contribution in [0.1, 0.15) is 18.0 Å². The molecular formula is C13H17N5O2S. The van der Waals surface area contributed by atoms with Gasteiger partial charge < -0.3 is 10.8 Å². The first-order chi connectivity index (χ1) is 10.0. The molecule has 0 aliphatic rings. The molecule has 1 aromatic heterocycles. The number of carboxylic acid groups (broad SMARTS) is 1. The molecule has 7 nitrogen and oxygen atoms in total. The topological polar surface area (TPSA) is 107 Å². The molecule has 1 unspecified atom stereocenters. The van der Waals surface area contributed by atoms with E-state index in [9.17, 15) is 9.90 Å². The van der Waals surface area contributed by atoms with Crippen LogP contribution in [0.25, 0.3) is 11.4 Å². The van der Waals surface area contributed by atoms with E-state index in [1.54, 1.807) is 17.8 Å². The molecule has 21 heavy (non-hydrogen) atoms. The van der Waals surface area contributed by atoms with Crippen LogP contribution in [0.3, 0.4) is 0 Å². The molecule has 2 aromatic rings. The smallest absolute Gasteiger partial charge is 0.328 e. The number of aryl methyl sites for hydroxylation is 1. The van der Waals surface area contributed by atoms with E-state index in [0.717, 1.165) is 5.56 Å². The number of nitrogen functional groups attached to an aromatic ring is 1. The van der Waals surface area contributed by atoms with E-state index >= 15 is 0 Å². The van der Waals surface area contributed by atoms with Gasteiger partial charge >= 0.3 is 5.97 Å². The van der Waals surface area contributed by atoms with E-state index in [1.807, 2.05) is 25.3 Å². The number of aromatic nitrogens is 4. The SMILES string of the molecule is CSCCC(C(=O)O)n1nnnc1-c1ccc(C)c(N)c1. The molecule has 0 aliphatic heterocycles. The van der Waals surface area contributed by atoms with Crippen molar-refractivity contribution in [2.24, 2.45) is 0 Å². The molecule has 112 valence electrons. The number of carboxylic acids is 1. The number of hydrogen-bond donors (Lipinski definition) is 2. The Hall–Kier alpha value is -2.09. The van der Waals surface area contributed by atoms with Crippen LogP contribution in [0.2, 0.25) is 0 Å². The minimum absolute atomic E-state index is 0.412. The molecule has 1 heterocycles. The first-order valence-electron chi connectivity index (χ1n) is 6.40. The highest BCUT2D eigenvalue weighted by molar-refractivity contribution is 7.98. The summed E-state index contributed by atoms with van der Waals surface area (Å²) in [5.41, 5.74) is 8.18. The molecule has 0 saturated heterocycles. The van der Waals surface area contributed by atoms with Gasteiger partial charge in [-0.25, -0.2) is 9.48 Å². The highest BCUT2D eigenvalue weighted by Crippen LogP contribution is 2.25. The van der Waals surface area contributed by atoms with Crippen molar-refractivity contribution in [2.75, 3.05) is 17.7 Å². The molecule has 1 atom stereocenters. The highest BCUT2D eigenvalue weighted by atomic mass is 32.2. The zero-order chi connectivity index (χ0) is 15.4. The van der Waals surface area contributed by atoms with Gasteiger partial charge in [0.15, 0.2) is 11.9 Å². The van der Waals surface area contributed by atoms with Gasteiger partial charge in [0, 0.05) is 11.3 Å². The first-order valence-corrected chi connectivity index (χ1v) is 7.80. The Labute approximate surface area is 126 Å². The summed E-state index contributed by atoms with van der Waals surface area (Å²) in [4.78, 5) is 11.5. The summed E-state index contributed by atoms with van der Waals surface area (Å²) < 4.78 is 1.35. The quantitative estimate of drug-likeness (QED) is 0.781. The van der Waals surface area contributed by atoms with Crippen molar-refractivity contribution in [3.63, 3.8) is 0 Å². The normalized spacial score (nSPS) is 12.3. The van der Waals surface area contributed by atoms with E-state index < -0.39 is 12.0 Å². The van der Waals surface area contributed by atoms with Gasteiger partial charge in [0.05, 0.1) is 0 Å². The zero-order valence-corrected chi connectivity index (χ0v) is 12.7. The minimum atomic E-state index is -0.947. The maximum atomic E-state index is 11.5. The third kappa shape index (κ3) is 3.33. The van der Waals surface area contributed by atoms with Gasteiger partial charge in [0.1, 0.15) is 0 Å². The van der Waals surface area contributed by atoms with Crippen molar-refractivity contribution >= 4 is 23.4 Å². The van der Waals surface area contributed by atoms with Crippen LogP contribution in [0.15, 0.2) is 18.2 Å². The average molecular weight is 307 g/mol. The number of nitrogens with zero attached hydrogens (tertiary/aromatic N) is 4. The number of hydrogen-bond acceptors (Lipinski definition) is 6. The number of nitrogens with two attached hydrogens (primary N) is 1. The lowest BCUT2D eigenvalue weighted by atomic mass is 10.1. The lowest BCUT2D eigenvalue weighted by Crippen LogP contribution is -2.22. The standard InChI is InChI=1S/C13H17N5O2S/c1-8-3-4-9(7-10(8)14)12-15-16-17-18(12)11(13(19)20)5-6-21-2/h3-4,7,11H,5-6,14H2,1-2H3,(H,19,20). The summed E-state index contributed by atoms with van der Waals surface area (Å²) in [6, 6.07) is 4.67. The number of tetrazole rings is 1. The Kier molecular flexibility index (Phi) is 4.79. The molecule has 1 aromatic carbocycles. The summed E-state index contributed by atoms with van der Waals surface area (Å²) in [5, 5.41) is 20.8. The summed E-state index contributed by atoms with van der Waals surface area (Å²) in [6.45, 7) is 1.90. The first kappa shape index (κ1) is 15.3. The summed E-state index contributed by atoms with van der Waals surface area (Å²) in [5.74, 6) is 0.180. The Bertz CT molecular complexity index is 643. The zero-order valence-electron chi connectivity index (χ0n) is 11.9. The molecule has 0 fully saturated rings. The number of carbonyl (C=O) groups is 1. The van der Waals surface area contributed by atoms with Gasteiger partial charge in [-0.2, -0.15) is 11.8 Å². The van der Waals surface area contributed by atoms with Crippen LogP contribution >= 0.6 is 11.8 Å². The van der Waals surface area contributed by atoms with E-state index in [0.29, 0.717) is 29.2 Å². The Morgan fingerprint density at radius 2 is 2.29 bits per heavy atom. The van der Waals surface area contributed by atoms with Crippen molar-refractivity contribution in [1.82, 2.24) is 20.2 Å². The van der Waals surface area contributed by atoms with E-state index in [1.165, 1.54) is 4.68 Å². The van der Waals surface area contributed by atoms with E-state index in [4.69, 9.17) is 5.73 Å².